The third-order valence-electron chi connectivity index (χ3n) is 2.21. The van der Waals surface area contributed by atoms with Gasteiger partial charge in [-0.25, -0.2) is 0 Å². The van der Waals surface area contributed by atoms with Crippen molar-refractivity contribution in [1.82, 2.24) is 10.2 Å². The van der Waals surface area contributed by atoms with Gasteiger partial charge in [0.05, 0.1) is 6.54 Å². The molecule has 1 heterocycles. The summed E-state index contributed by atoms with van der Waals surface area (Å²) in [5.74, 6) is 0.0711. The van der Waals surface area contributed by atoms with Gasteiger partial charge in [0.1, 0.15) is 5.66 Å². The van der Waals surface area contributed by atoms with Gasteiger partial charge in [-0.2, -0.15) is 0 Å². The molecule has 3 heteroatoms. The summed E-state index contributed by atoms with van der Waals surface area (Å²) in [7, 11) is 0. The molecule has 1 rings (SSSR count). The maximum Gasteiger partial charge on any atom is 0.241 e. The van der Waals surface area contributed by atoms with Crippen LogP contribution in [0.25, 0.3) is 0 Å². The van der Waals surface area contributed by atoms with Gasteiger partial charge in [-0.15, -0.1) is 0 Å². The van der Waals surface area contributed by atoms with Gasteiger partial charge < -0.3 is 10.2 Å². The van der Waals surface area contributed by atoms with Crippen LogP contribution in [0, 0.1) is 0 Å². The maximum absolute atomic E-state index is 11.2. The molecule has 0 unspecified atom stereocenters. The van der Waals surface area contributed by atoms with Crippen molar-refractivity contribution in [3.05, 3.63) is 24.4 Å². The van der Waals surface area contributed by atoms with Crippen molar-refractivity contribution in [1.29, 1.82) is 0 Å². The molecule has 1 N–H and O–H groups in total. The predicted molar refractivity (Wildman–Crippen MR) is 52.9 cm³/mol. The van der Waals surface area contributed by atoms with Crippen LogP contribution in [0.5, 0.6) is 0 Å². The lowest BCUT2D eigenvalue weighted by atomic mass is 10.2. The van der Waals surface area contributed by atoms with Crippen molar-refractivity contribution in [2.75, 3.05) is 6.54 Å². The lowest BCUT2D eigenvalue weighted by Gasteiger charge is -2.32. The molecule has 0 radical (unpaired) electrons. The summed E-state index contributed by atoms with van der Waals surface area (Å²) >= 11 is 0. The largest absolute Gasteiger partial charge is 0.344 e. The number of allylic oxidation sites excluding steroid dienone is 3. The molecule has 0 spiro atoms. The SMILES string of the molecule is C=C/C=C(\C)N1CC(=O)NC1(C)C. The fraction of sp³-hybridized carbons (Fsp3) is 0.500. The number of hydrogen-bond donors (Lipinski definition) is 1. The Balaban J connectivity index is 2.86. The normalized spacial score (nSPS) is 21.6. The highest BCUT2D eigenvalue weighted by atomic mass is 16.2. The van der Waals surface area contributed by atoms with E-state index >= 15 is 0 Å². The fourth-order valence-corrected chi connectivity index (χ4v) is 1.62. The molecule has 0 aromatic heterocycles. The van der Waals surface area contributed by atoms with E-state index in [4.69, 9.17) is 0 Å². The Bertz CT molecular complexity index is 266. The number of rotatable bonds is 2. The van der Waals surface area contributed by atoms with E-state index in [-0.39, 0.29) is 11.6 Å². The minimum absolute atomic E-state index is 0.0711. The second kappa shape index (κ2) is 3.24. The van der Waals surface area contributed by atoms with E-state index in [1.807, 2.05) is 31.7 Å². The number of carbonyl (C=O) groups excluding carboxylic acids is 1. The molecule has 72 valence electrons. The maximum atomic E-state index is 11.2. The van der Waals surface area contributed by atoms with Gasteiger partial charge in [0.2, 0.25) is 5.91 Å². The monoisotopic (exact) mass is 180 g/mol. The molecule has 0 aromatic rings. The van der Waals surface area contributed by atoms with E-state index < -0.39 is 0 Å². The molecule has 13 heavy (non-hydrogen) atoms. The molecule has 1 aliphatic rings. The van der Waals surface area contributed by atoms with Crippen molar-refractivity contribution in [2.24, 2.45) is 0 Å². The summed E-state index contributed by atoms with van der Waals surface area (Å²) in [6, 6.07) is 0. The zero-order valence-corrected chi connectivity index (χ0v) is 8.42. The van der Waals surface area contributed by atoms with E-state index in [0.717, 1.165) is 5.70 Å². The van der Waals surface area contributed by atoms with Crippen LogP contribution in [0.15, 0.2) is 24.4 Å². The average Bonchev–Trinajstić information content (AvgIpc) is 2.24. The highest BCUT2D eigenvalue weighted by Crippen LogP contribution is 2.21. The Labute approximate surface area is 79.1 Å². The van der Waals surface area contributed by atoms with Crippen molar-refractivity contribution in [3.63, 3.8) is 0 Å². The molecular formula is C10H16N2O. The summed E-state index contributed by atoms with van der Waals surface area (Å²) in [5, 5.41) is 2.89. The van der Waals surface area contributed by atoms with E-state index in [0.29, 0.717) is 6.54 Å². The van der Waals surface area contributed by atoms with Crippen molar-refractivity contribution in [3.8, 4) is 0 Å². The van der Waals surface area contributed by atoms with Crippen LogP contribution in [0.3, 0.4) is 0 Å². The molecular weight excluding hydrogens is 164 g/mol. The van der Waals surface area contributed by atoms with Gasteiger partial charge in [0, 0.05) is 5.70 Å². The quantitative estimate of drug-likeness (QED) is 0.648. The van der Waals surface area contributed by atoms with Crippen LogP contribution in [0.4, 0.5) is 0 Å². The van der Waals surface area contributed by atoms with Crippen molar-refractivity contribution >= 4 is 5.91 Å². The molecule has 0 saturated carbocycles. The second-order valence-corrected chi connectivity index (χ2v) is 3.74. The molecule has 0 aliphatic carbocycles. The second-order valence-electron chi connectivity index (χ2n) is 3.74. The Hall–Kier alpha value is -1.25. The van der Waals surface area contributed by atoms with Crippen LogP contribution in [-0.4, -0.2) is 23.0 Å². The summed E-state index contributed by atoms with van der Waals surface area (Å²) in [6.07, 6.45) is 3.64. The number of amides is 1. The molecule has 1 amide bonds. The number of carbonyl (C=O) groups is 1. The van der Waals surface area contributed by atoms with E-state index in [2.05, 4.69) is 11.9 Å². The van der Waals surface area contributed by atoms with Gasteiger partial charge in [0.25, 0.3) is 0 Å². The standard InChI is InChI=1S/C10H16N2O/c1-5-6-8(2)12-7-9(13)11-10(12,3)4/h5-6H,1,7H2,2-4H3,(H,11,13)/b8-6+. The van der Waals surface area contributed by atoms with Crippen LogP contribution >= 0.6 is 0 Å². The minimum atomic E-state index is -0.277. The number of hydrogen-bond acceptors (Lipinski definition) is 2. The summed E-state index contributed by atoms with van der Waals surface area (Å²) in [6.45, 7) is 10.0. The topological polar surface area (TPSA) is 32.3 Å². The molecule has 0 bridgehead atoms. The van der Waals surface area contributed by atoms with Crippen LogP contribution in [0.2, 0.25) is 0 Å². The van der Waals surface area contributed by atoms with Crippen LogP contribution in [-0.2, 0) is 4.79 Å². The Morgan fingerprint density at radius 2 is 2.31 bits per heavy atom. The molecule has 1 aliphatic heterocycles. The van der Waals surface area contributed by atoms with Crippen LogP contribution < -0.4 is 5.32 Å². The number of nitrogens with zero attached hydrogens (tertiary/aromatic N) is 1. The van der Waals surface area contributed by atoms with E-state index in [9.17, 15) is 4.79 Å². The van der Waals surface area contributed by atoms with Gasteiger partial charge in [-0.3, -0.25) is 4.79 Å². The van der Waals surface area contributed by atoms with Gasteiger partial charge >= 0.3 is 0 Å². The lowest BCUT2D eigenvalue weighted by Crippen LogP contribution is -2.45. The van der Waals surface area contributed by atoms with Gasteiger partial charge in [-0.05, 0) is 26.8 Å². The highest BCUT2D eigenvalue weighted by molar-refractivity contribution is 5.81. The van der Waals surface area contributed by atoms with E-state index in [1.165, 1.54) is 0 Å². The Morgan fingerprint density at radius 3 is 2.69 bits per heavy atom. The zero-order valence-electron chi connectivity index (χ0n) is 8.42. The van der Waals surface area contributed by atoms with Gasteiger partial charge in [0.15, 0.2) is 0 Å². The van der Waals surface area contributed by atoms with Gasteiger partial charge in [-0.1, -0.05) is 12.7 Å². The van der Waals surface area contributed by atoms with E-state index in [1.54, 1.807) is 6.08 Å². The average molecular weight is 180 g/mol. The summed E-state index contributed by atoms with van der Waals surface area (Å²) in [4.78, 5) is 13.2. The summed E-state index contributed by atoms with van der Waals surface area (Å²) in [5.41, 5.74) is 0.777. The fourth-order valence-electron chi connectivity index (χ4n) is 1.62. The molecule has 1 fully saturated rings. The first kappa shape index (κ1) is 9.84. The van der Waals surface area contributed by atoms with Crippen molar-refractivity contribution in [2.45, 2.75) is 26.4 Å². The first-order valence-electron chi connectivity index (χ1n) is 4.35. The number of nitrogens with one attached hydrogen (secondary N) is 1. The first-order valence-corrected chi connectivity index (χ1v) is 4.35. The van der Waals surface area contributed by atoms with Crippen molar-refractivity contribution < 1.29 is 4.79 Å². The first-order chi connectivity index (χ1) is 5.97. The Morgan fingerprint density at radius 1 is 1.69 bits per heavy atom. The summed E-state index contributed by atoms with van der Waals surface area (Å²) < 4.78 is 0. The third kappa shape index (κ3) is 1.91. The molecule has 3 nitrogen and oxygen atoms in total. The predicted octanol–water partition coefficient (Wildman–Crippen LogP) is 1.24. The molecule has 1 saturated heterocycles. The minimum Gasteiger partial charge on any atom is -0.344 e. The van der Waals surface area contributed by atoms with Crippen LogP contribution in [0.1, 0.15) is 20.8 Å². The molecule has 0 atom stereocenters. The third-order valence-corrected chi connectivity index (χ3v) is 2.21. The molecule has 0 aromatic carbocycles. The zero-order chi connectivity index (χ0) is 10.1. The highest BCUT2D eigenvalue weighted by Gasteiger charge is 2.36. The smallest absolute Gasteiger partial charge is 0.241 e. The lowest BCUT2D eigenvalue weighted by molar-refractivity contribution is -0.118. The Kier molecular flexibility index (Phi) is 2.45.